The van der Waals surface area contributed by atoms with Crippen molar-refractivity contribution in [1.82, 2.24) is 9.62 Å². The Kier molecular flexibility index (Phi) is 1.59. The lowest BCUT2D eigenvalue weighted by Crippen LogP contribution is -2.23. The normalized spacial score (nSPS) is 19.2. The van der Waals surface area contributed by atoms with E-state index in [0.717, 1.165) is 0 Å². The van der Waals surface area contributed by atoms with Crippen LogP contribution in [0, 0.1) is 0 Å². The lowest BCUT2D eigenvalue weighted by molar-refractivity contribution is 0.176. The molecule has 5 heteroatoms. The summed E-state index contributed by atoms with van der Waals surface area (Å²) in [6.45, 7) is 0.444. The van der Waals surface area contributed by atoms with Gasteiger partial charge in [-0.15, -0.1) is 0 Å². The maximum absolute atomic E-state index is 10.1. The summed E-state index contributed by atoms with van der Waals surface area (Å²) in [5.41, 5.74) is 0. The Morgan fingerprint density at radius 2 is 2.62 bits per heavy atom. The van der Waals surface area contributed by atoms with Crippen LogP contribution in [0.1, 0.15) is 0 Å². The van der Waals surface area contributed by atoms with E-state index in [0.29, 0.717) is 12.5 Å². The highest BCUT2D eigenvalue weighted by Gasteiger charge is 2.16. The summed E-state index contributed by atoms with van der Waals surface area (Å²) in [6, 6.07) is 0. The zero-order valence-corrected chi connectivity index (χ0v) is 4.94. The van der Waals surface area contributed by atoms with Crippen molar-refractivity contribution < 1.29 is 9.90 Å². The lowest BCUT2D eigenvalue weighted by Gasteiger charge is -2.04. The van der Waals surface area contributed by atoms with E-state index in [2.05, 4.69) is 5.32 Å². The Morgan fingerprint density at radius 1 is 1.88 bits per heavy atom. The molecule has 1 heterocycles. The third-order valence-corrected chi connectivity index (χ3v) is 1.72. The van der Waals surface area contributed by atoms with Gasteiger partial charge in [0.1, 0.15) is 0 Å². The minimum absolute atomic E-state index is 0.444. The van der Waals surface area contributed by atoms with Crippen molar-refractivity contribution in [2.45, 2.75) is 0 Å². The molecule has 2 N–H and O–H groups in total. The SMILES string of the molecule is O=C(O)N1CNCS1. The molecule has 0 aliphatic carbocycles. The van der Waals surface area contributed by atoms with Gasteiger partial charge >= 0.3 is 6.09 Å². The third-order valence-electron chi connectivity index (χ3n) is 0.791. The molecule has 0 aromatic carbocycles. The zero-order valence-electron chi connectivity index (χ0n) is 4.13. The van der Waals surface area contributed by atoms with Crippen molar-refractivity contribution >= 4 is 18.0 Å². The highest BCUT2D eigenvalue weighted by Crippen LogP contribution is 2.11. The second-order valence-corrected chi connectivity index (χ2v) is 2.33. The molecule has 8 heavy (non-hydrogen) atoms. The van der Waals surface area contributed by atoms with Crippen molar-refractivity contribution in [2.24, 2.45) is 0 Å². The maximum Gasteiger partial charge on any atom is 0.418 e. The highest BCUT2D eigenvalue weighted by atomic mass is 32.2. The number of hydrogen-bond donors (Lipinski definition) is 2. The number of hydrogen-bond acceptors (Lipinski definition) is 3. The van der Waals surface area contributed by atoms with Crippen LogP contribution in [0.5, 0.6) is 0 Å². The molecule has 4 nitrogen and oxygen atoms in total. The second kappa shape index (κ2) is 2.23. The second-order valence-electron chi connectivity index (χ2n) is 1.34. The van der Waals surface area contributed by atoms with Crippen LogP contribution < -0.4 is 5.32 Å². The first-order valence-corrected chi connectivity index (χ1v) is 3.09. The minimum atomic E-state index is -0.875. The van der Waals surface area contributed by atoms with Crippen LogP contribution in [0.3, 0.4) is 0 Å². The third kappa shape index (κ3) is 1.05. The number of nitrogens with zero attached hydrogens (tertiary/aromatic N) is 1. The standard InChI is InChI=1S/C3H6N2O2S/c6-3(7)5-1-4-2-8-5/h4H,1-2H2,(H,6,7). The predicted molar refractivity (Wildman–Crippen MR) is 30.3 cm³/mol. The lowest BCUT2D eigenvalue weighted by atomic mass is 11.0. The Balaban J connectivity index is 2.35. The summed E-state index contributed by atoms with van der Waals surface area (Å²) >= 11 is 1.27. The molecule has 0 aromatic heterocycles. The van der Waals surface area contributed by atoms with E-state index in [1.165, 1.54) is 16.3 Å². The molecule has 0 aromatic rings. The van der Waals surface area contributed by atoms with E-state index in [1.54, 1.807) is 0 Å². The van der Waals surface area contributed by atoms with Crippen LogP contribution in [-0.2, 0) is 0 Å². The van der Waals surface area contributed by atoms with Gasteiger partial charge in [-0.1, -0.05) is 0 Å². The van der Waals surface area contributed by atoms with Crippen molar-refractivity contribution in [3.05, 3.63) is 0 Å². The molecule has 0 radical (unpaired) electrons. The van der Waals surface area contributed by atoms with Gasteiger partial charge in [0.05, 0.1) is 12.5 Å². The largest absolute Gasteiger partial charge is 0.464 e. The molecule has 1 aliphatic heterocycles. The number of rotatable bonds is 0. The topological polar surface area (TPSA) is 52.6 Å². The van der Waals surface area contributed by atoms with E-state index in [4.69, 9.17) is 5.11 Å². The highest BCUT2D eigenvalue weighted by molar-refractivity contribution is 7.97. The van der Waals surface area contributed by atoms with E-state index in [-0.39, 0.29) is 0 Å². The summed E-state index contributed by atoms with van der Waals surface area (Å²) < 4.78 is 1.25. The first-order valence-electron chi connectivity index (χ1n) is 2.15. The van der Waals surface area contributed by atoms with E-state index >= 15 is 0 Å². The summed E-state index contributed by atoms with van der Waals surface area (Å²) in [6.07, 6.45) is -0.875. The summed E-state index contributed by atoms with van der Waals surface area (Å²) in [4.78, 5) is 10.1. The van der Waals surface area contributed by atoms with Crippen LogP contribution in [-0.4, -0.2) is 28.1 Å². The zero-order chi connectivity index (χ0) is 5.98. The van der Waals surface area contributed by atoms with Gasteiger partial charge in [-0.3, -0.25) is 5.32 Å². The van der Waals surface area contributed by atoms with Gasteiger partial charge in [0.15, 0.2) is 0 Å². The fourth-order valence-corrected chi connectivity index (χ4v) is 1.07. The Morgan fingerprint density at radius 3 is 2.88 bits per heavy atom. The average Bonchev–Trinajstić information content (AvgIpc) is 2.12. The van der Waals surface area contributed by atoms with Crippen LogP contribution >= 0.6 is 11.9 Å². The average molecular weight is 134 g/mol. The van der Waals surface area contributed by atoms with E-state index in [1.807, 2.05) is 0 Å². The molecule has 0 saturated carbocycles. The smallest absolute Gasteiger partial charge is 0.418 e. The number of nitrogens with one attached hydrogen (secondary N) is 1. The number of amides is 1. The molecule has 46 valence electrons. The number of carboxylic acid groups (broad SMARTS) is 1. The molecule has 1 saturated heterocycles. The van der Waals surface area contributed by atoms with Gasteiger partial charge in [-0.25, -0.2) is 9.10 Å². The van der Waals surface area contributed by atoms with Crippen LogP contribution in [0.25, 0.3) is 0 Å². The number of carbonyl (C=O) groups is 1. The van der Waals surface area contributed by atoms with Gasteiger partial charge in [0.2, 0.25) is 0 Å². The Labute approximate surface area is 51.0 Å². The fourth-order valence-electron chi connectivity index (χ4n) is 0.439. The van der Waals surface area contributed by atoms with Crippen LogP contribution in [0.15, 0.2) is 0 Å². The van der Waals surface area contributed by atoms with Crippen molar-refractivity contribution in [3.8, 4) is 0 Å². The molecule has 0 atom stereocenters. The Hall–Kier alpha value is -0.420. The predicted octanol–water partition coefficient (Wildman–Crippen LogP) is 0.133. The monoisotopic (exact) mass is 134 g/mol. The molecule has 0 bridgehead atoms. The molecule has 1 aliphatic rings. The molecular weight excluding hydrogens is 128 g/mol. The minimum Gasteiger partial charge on any atom is -0.464 e. The summed E-state index contributed by atoms with van der Waals surface area (Å²) in [5, 5.41) is 11.1. The molecular formula is C3H6N2O2S. The van der Waals surface area contributed by atoms with Gasteiger partial charge in [0.25, 0.3) is 0 Å². The molecule has 1 amide bonds. The first-order chi connectivity index (χ1) is 3.80. The van der Waals surface area contributed by atoms with Crippen molar-refractivity contribution in [1.29, 1.82) is 0 Å². The van der Waals surface area contributed by atoms with Crippen LogP contribution in [0.2, 0.25) is 0 Å². The van der Waals surface area contributed by atoms with Crippen molar-refractivity contribution in [2.75, 3.05) is 12.5 Å². The van der Waals surface area contributed by atoms with Gasteiger partial charge in [-0.05, 0) is 11.9 Å². The van der Waals surface area contributed by atoms with Gasteiger partial charge in [-0.2, -0.15) is 0 Å². The van der Waals surface area contributed by atoms with Gasteiger partial charge < -0.3 is 5.11 Å². The molecule has 1 rings (SSSR count). The molecule has 1 fully saturated rings. The fraction of sp³-hybridized carbons (Fsp3) is 0.667. The summed E-state index contributed by atoms with van der Waals surface area (Å²) in [7, 11) is 0. The van der Waals surface area contributed by atoms with Gasteiger partial charge in [0, 0.05) is 0 Å². The van der Waals surface area contributed by atoms with Crippen LogP contribution in [0.4, 0.5) is 4.79 Å². The maximum atomic E-state index is 10.1. The van der Waals surface area contributed by atoms with Crippen molar-refractivity contribution in [3.63, 3.8) is 0 Å². The molecule has 0 unspecified atom stereocenters. The quantitative estimate of drug-likeness (QED) is 0.462. The first kappa shape index (κ1) is 5.71. The Bertz CT molecular complexity index is 101. The molecule has 0 spiro atoms. The van der Waals surface area contributed by atoms with E-state index < -0.39 is 6.09 Å². The van der Waals surface area contributed by atoms with E-state index in [9.17, 15) is 4.79 Å². The summed E-state index contributed by atoms with van der Waals surface area (Å²) in [5.74, 6) is 0.701.